The third-order valence-corrected chi connectivity index (χ3v) is 3.84. The summed E-state index contributed by atoms with van der Waals surface area (Å²) in [6, 6.07) is 7.75. The van der Waals surface area contributed by atoms with E-state index in [0.717, 1.165) is 24.3 Å². The van der Waals surface area contributed by atoms with Crippen molar-refractivity contribution in [2.24, 2.45) is 5.92 Å². The Morgan fingerprint density at radius 1 is 1.55 bits per heavy atom. The zero-order valence-corrected chi connectivity index (χ0v) is 12.2. The van der Waals surface area contributed by atoms with Crippen LogP contribution in [0.5, 0.6) is 0 Å². The highest BCUT2D eigenvalue weighted by Gasteiger charge is 2.25. The van der Waals surface area contributed by atoms with Crippen molar-refractivity contribution >= 4 is 17.4 Å². The van der Waals surface area contributed by atoms with Crippen LogP contribution < -0.4 is 10.2 Å². The molecule has 0 saturated carbocycles. The van der Waals surface area contributed by atoms with Gasteiger partial charge in [0, 0.05) is 50.6 Å². The monoisotopic (exact) mass is 277 g/mol. The zero-order valence-electron chi connectivity index (χ0n) is 12.2. The number of aliphatic hydroxyl groups excluding tert-OH is 1. The molecule has 0 aromatic heterocycles. The van der Waals surface area contributed by atoms with Crippen molar-refractivity contribution in [3.63, 3.8) is 0 Å². The van der Waals surface area contributed by atoms with Gasteiger partial charge in [-0.2, -0.15) is 0 Å². The molecule has 110 valence electrons. The van der Waals surface area contributed by atoms with E-state index >= 15 is 0 Å². The molecule has 20 heavy (non-hydrogen) atoms. The van der Waals surface area contributed by atoms with Crippen LogP contribution in [0.25, 0.3) is 0 Å². The highest BCUT2D eigenvalue weighted by molar-refractivity contribution is 5.90. The summed E-state index contributed by atoms with van der Waals surface area (Å²) in [7, 11) is 2.02. The number of rotatable bonds is 4. The molecular formula is C15H23N3O2. The molecule has 0 aliphatic carbocycles. The summed E-state index contributed by atoms with van der Waals surface area (Å²) in [5.41, 5.74) is 1.89. The van der Waals surface area contributed by atoms with E-state index in [1.54, 1.807) is 4.90 Å². The number of hydrogen-bond donors (Lipinski definition) is 2. The normalized spacial score (nSPS) is 18.1. The minimum Gasteiger partial charge on any atom is -0.396 e. The van der Waals surface area contributed by atoms with Gasteiger partial charge in [0.2, 0.25) is 0 Å². The predicted octanol–water partition coefficient (Wildman–Crippen LogP) is 1.99. The molecule has 2 rings (SSSR count). The number of nitrogens with one attached hydrogen (secondary N) is 1. The number of anilines is 2. The van der Waals surface area contributed by atoms with Gasteiger partial charge in [-0.15, -0.1) is 0 Å². The van der Waals surface area contributed by atoms with E-state index in [0.29, 0.717) is 13.1 Å². The predicted molar refractivity (Wildman–Crippen MR) is 81.2 cm³/mol. The quantitative estimate of drug-likeness (QED) is 0.885. The van der Waals surface area contributed by atoms with Crippen LogP contribution in [0.4, 0.5) is 16.2 Å². The summed E-state index contributed by atoms with van der Waals surface area (Å²) < 4.78 is 0. The fourth-order valence-corrected chi connectivity index (χ4v) is 2.37. The molecule has 1 saturated heterocycles. The first kappa shape index (κ1) is 14.7. The van der Waals surface area contributed by atoms with E-state index in [9.17, 15) is 4.79 Å². The minimum absolute atomic E-state index is 0.0859. The Bertz CT molecular complexity index is 464. The van der Waals surface area contributed by atoms with Gasteiger partial charge in [-0.1, -0.05) is 6.07 Å². The van der Waals surface area contributed by atoms with Crippen molar-refractivity contribution in [1.29, 1.82) is 0 Å². The zero-order chi connectivity index (χ0) is 14.5. The highest BCUT2D eigenvalue weighted by atomic mass is 16.3. The average Bonchev–Trinajstić information content (AvgIpc) is 2.95. The van der Waals surface area contributed by atoms with Gasteiger partial charge in [-0.05, 0) is 31.5 Å². The van der Waals surface area contributed by atoms with Crippen molar-refractivity contribution in [3.05, 3.63) is 24.3 Å². The Balaban J connectivity index is 1.98. The topological polar surface area (TPSA) is 55.8 Å². The van der Waals surface area contributed by atoms with E-state index in [1.165, 1.54) is 0 Å². The third kappa shape index (κ3) is 3.42. The van der Waals surface area contributed by atoms with Gasteiger partial charge in [0.1, 0.15) is 0 Å². The second-order valence-corrected chi connectivity index (χ2v) is 5.28. The number of benzene rings is 1. The largest absolute Gasteiger partial charge is 0.396 e. The van der Waals surface area contributed by atoms with Gasteiger partial charge in [-0.3, -0.25) is 0 Å². The van der Waals surface area contributed by atoms with Crippen LogP contribution in [0.15, 0.2) is 24.3 Å². The van der Waals surface area contributed by atoms with Crippen LogP contribution in [0.2, 0.25) is 0 Å². The van der Waals surface area contributed by atoms with Gasteiger partial charge in [0.05, 0.1) is 0 Å². The van der Waals surface area contributed by atoms with Crippen LogP contribution in [0, 0.1) is 5.92 Å². The van der Waals surface area contributed by atoms with Crippen LogP contribution >= 0.6 is 0 Å². The molecule has 1 heterocycles. The van der Waals surface area contributed by atoms with E-state index < -0.39 is 0 Å². The van der Waals surface area contributed by atoms with Gasteiger partial charge in [0.25, 0.3) is 0 Å². The van der Waals surface area contributed by atoms with Gasteiger partial charge in [0.15, 0.2) is 0 Å². The number of carbonyl (C=O) groups is 1. The van der Waals surface area contributed by atoms with Gasteiger partial charge >= 0.3 is 6.03 Å². The summed E-state index contributed by atoms with van der Waals surface area (Å²) in [5.74, 6) is 0.221. The number of hydrogen-bond acceptors (Lipinski definition) is 3. The fraction of sp³-hybridized carbons (Fsp3) is 0.533. The smallest absolute Gasteiger partial charge is 0.321 e. The Hall–Kier alpha value is -1.75. The molecule has 2 N–H and O–H groups in total. The third-order valence-electron chi connectivity index (χ3n) is 3.84. The van der Waals surface area contributed by atoms with Crippen molar-refractivity contribution in [2.75, 3.05) is 43.5 Å². The maximum absolute atomic E-state index is 12.1. The number of aliphatic hydroxyl groups is 1. The van der Waals surface area contributed by atoms with Crippen LogP contribution in [-0.2, 0) is 0 Å². The molecule has 2 amide bonds. The lowest BCUT2D eigenvalue weighted by Gasteiger charge is -2.20. The Morgan fingerprint density at radius 2 is 2.35 bits per heavy atom. The molecule has 5 nitrogen and oxygen atoms in total. The first-order valence-corrected chi connectivity index (χ1v) is 7.12. The average molecular weight is 277 g/mol. The number of urea groups is 1. The maximum Gasteiger partial charge on any atom is 0.321 e. The second kappa shape index (κ2) is 6.61. The molecule has 0 spiro atoms. The minimum atomic E-state index is -0.0859. The molecule has 1 aliphatic rings. The first-order chi connectivity index (χ1) is 9.63. The first-order valence-electron chi connectivity index (χ1n) is 7.12. The lowest BCUT2D eigenvalue weighted by Crippen LogP contribution is -2.33. The molecule has 0 radical (unpaired) electrons. The SMILES string of the molecule is CCN(C)c1cccc(NC(=O)N2CCC(CO)C2)c1. The Kier molecular flexibility index (Phi) is 4.84. The van der Waals surface area contributed by atoms with E-state index in [-0.39, 0.29) is 18.6 Å². The van der Waals surface area contributed by atoms with Crippen LogP contribution in [-0.4, -0.2) is 49.3 Å². The van der Waals surface area contributed by atoms with Crippen molar-refractivity contribution in [3.8, 4) is 0 Å². The molecular weight excluding hydrogens is 254 g/mol. The second-order valence-electron chi connectivity index (χ2n) is 5.28. The van der Waals surface area contributed by atoms with E-state index in [1.807, 2.05) is 31.3 Å². The Morgan fingerprint density at radius 3 is 3.00 bits per heavy atom. The summed E-state index contributed by atoms with van der Waals surface area (Å²) in [6.07, 6.45) is 0.878. The summed E-state index contributed by atoms with van der Waals surface area (Å²) >= 11 is 0. The maximum atomic E-state index is 12.1. The molecule has 1 aromatic rings. The summed E-state index contributed by atoms with van der Waals surface area (Å²) in [4.78, 5) is 16.0. The van der Waals surface area contributed by atoms with Crippen molar-refractivity contribution < 1.29 is 9.90 Å². The van der Waals surface area contributed by atoms with Gasteiger partial charge < -0.3 is 20.2 Å². The number of likely N-dealkylation sites (tertiary alicyclic amines) is 1. The lowest BCUT2D eigenvalue weighted by atomic mass is 10.1. The number of nitrogens with zero attached hydrogens (tertiary/aromatic N) is 2. The molecule has 1 fully saturated rings. The molecule has 5 heteroatoms. The van der Waals surface area contributed by atoms with Crippen LogP contribution in [0.3, 0.4) is 0 Å². The van der Waals surface area contributed by atoms with Crippen molar-refractivity contribution in [2.45, 2.75) is 13.3 Å². The molecule has 1 aromatic carbocycles. The van der Waals surface area contributed by atoms with E-state index in [4.69, 9.17) is 5.11 Å². The van der Waals surface area contributed by atoms with Gasteiger partial charge in [-0.25, -0.2) is 4.79 Å². The van der Waals surface area contributed by atoms with E-state index in [2.05, 4.69) is 17.1 Å². The fourth-order valence-electron chi connectivity index (χ4n) is 2.37. The summed E-state index contributed by atoms with van der Waals surface area (Å²) in [5, 5.41) is 12.0. The molecule has 1 atom stereocenters. The lowest BCUT2D eigenvalue weighted by molar-refractivity contribution is 0.209. The Labute approximate surface area is 120 Å². The summed E-state index contributed by atoms with van der Waals surface area (Å²) in [6.45, 7) is 4.51. The van der Waals surface area contributed by atoms with Crippen LogP contribution in [0.1, 0.15) is 13.3 Å². The molecule has 0 bridgehead atoms. The number of amides is 2. The van der Waals surface area contributed by atoms with Crippen molar-refractivity contribution in [1.82, 2.24) is 4.90 Å². The highest BCUT2D eigenvalue weighted by Crippen LogP contribution is 2.20. The molecule has 1 aliphatic heterocycles. The standard InChI is InChI=1S/C15H23N3O2/c1-3-17(2)14-6-4-5-13(9-14)16-15(20)18-8-7-12(10-18)11-19/h4-6,9,12,19H,3,7-8,10-11H2,1-2H3,(H,16,20). The number of carbonyl (C=O) groups excluding carboxylic acids is 1. The molecule has 1 unspecified atom stereocenters.